The van der Waals surface area contributed by atoms with Crippen molar-refractivity contribution < 1.29 is 14.3 Å². The molecular weight excluding hydrogens is 390 g/mol. The van der Waals surface area contributed by atoms with Crippen LogP contribution in [0.2, 0.25) is 0 Å². The van der Waals surface area contributed by atoms with Gasteiger partial charge in [-0.1, -0.05) is 36.4 Å². The fraction of sp³-hybridized carbons (Fsp3) is 0.320. The molecule has 31 heavy (non-hydrogen) atoms. The van der Waals surface area contributed by atoms with Crippen LogP contribution in [-0.4, -0.2) is 32.1 Å². The van der Waals surface area contributed by atoms with Crippen LogP contribution in [0.15, 0.2) is 54.1 Å². The number of hydrogen-bond acceptors (Lipinski definition) is 5. The number of fused-ring (bicyclic) bond motifs is 1. The molecule has 6 nitrogen and oxygen atoms in total. The maximum Gasteiger partial charge on any atom is 0.349 e. The molecule has 1 N–H and O–H groups in total. The number of ether oxygens (including phenoxy) is 1. The SMILES string of the molecule is C[C@H](OC(=O)/C(C#N)=C/c1ccc(N(C)C)cc1)C(=O)N[C@H]1CCCc2ccccc21. The molecule has 0 aliphatic heterocycles. The molecule has 3 rings (SSSR count). The summed E-state index contributed by atoms with van der Waals surface area (Å²) in [5.41, 5.74) is 3.90. The number of nitriles is 1. The van der Waals surface area contributed by atoms with Crippen LogP contribution in [0.4, 0.5) is 5.69 Å². The van der Waals surface area contributed by atoms with E-state index in [1.54, 1.807) is 0 Å². The Bertz CT molecular complexity index is 1020. The number of benzene rings is 2. The Morgan fingerprint density at radius 2 is 1.90 bits per heavy atom. The summed E-state index contributed by atoms with van der Waals surface area (Å²) in [6.45, 7) is 1.52. The molecule has 2 aromatic carbocycles. The van der Waals surface area contributed by atoms with E-state index in [0.717, 1.165) is 30.5 Å². The van der Waals surface area contributed by atoms with Crippen LogP contribution < -0.4 is 10.2 Å². The normalized spacial score (nSPS) is 16.5. The Labute approximate surface area is 183 Å². The smallest absolute Gasteiger partial charge is 0.349 e. The lowest BCUT2D eigenvalue weighted by Gasteiger charge is -2.27. The third-order valence-corrected chi connectivity index (χ3v) is 5.40. The molecule has 2 aromatic rings. The van der Waals surface area contributed by atoms with Crippen molar-refractivity contribution in [2.75, 3.05) is 19.0 Å². The number of amides is 1. The molecule has 0 spiro atoms. The Balaban J connectivity index is 1.63. The van der Waals surface area contributed by atoms with E-state index in [2.05, 4.69) is 11.4 Å². The third kappa shape index (κ3) is 5.52. The van der Waals surface area contributed by atoms with E-state index in [1.807, 2.05) is 67.5 Å². The summed E-state index contributed by atoms with van der Waals surface area (Å²) in [5.74, 6) is -1.19. The first-order valence-corrected chi connectivity index (χ1v) is 10.4. The molecule has 1 aliphatic carbocycles. The highest BCUT2D eigenvalue weighted by Crippen LogP contribution is 2.29. The molecule has 2 atom stereocenters. The van der Waals surface area contributed by atoms with E-state index in [0.29, 0.717) is 5.56 Å². The number of hydrogen-bond donors (Lipinski definition) is 1. The Morgan fingerprint density at radius 3 is 2.58 bits per heavy atom. The van der Waals surface area contributed by atoms with Crippen molar-refractivity contribution in [1.82, 2.24) is 5.32 Å². The van der Waals surface area contributed by atoms with Gasteiger partial charge in [-0.15, -0.1) is 0 Å². The molecule has 0 unspecified atom stereocenters. The highest BCUT2D eigenvalue weighted by atomic mass is 16.5. The Morgan fingerprint density at radius 1 is 1.19 bits per heavy atom. The number of nitrogens with zero attached hydrogens (tertiary/aromatic N) is 2. The van der Waals surface area contributed by atoms with Crippen LogP contribution in [0, 0.1) is 11.3 Å². The number of aryl methyl sites for hydroxylation is 1. The van der Waals surface area contributed by atoms with Crippen LogP contribution in [0.5, 0.6) is 0 Å². The van der Waals surface area contributed by atoms with Gasteiger partial charge in [0.25, 0.3) is 5.91 Å². The minimum Gasteiger partial charge on any atom is -0.448 e. The predicted octanol–water partition coefficient (Wildman–Crippen LogP) is 3.79. The van der Waals surface area contributed by atoms with Gasteiger partial charge in [-0.25, -0.2) is 4.79 Å². The van der Waals surface area contributed by atoms with Crippen molar-refractivity contribution >= 4 is 23.6 Å². The monoisotopic (exact) mass is 417 g/mol. The van der Waals surface area contributed by atoms with Gasteiger partial charge in [0, 0.05) is 19.8 Å². The minimum atomic E-state index is -1.01. The molecule has 0 saturated carbocycles. The molecule has 0 bridgehead atoms. The van der Waals surface area contributed by atoms with Crippen molar-refractivity contribution in [2.45, 2.75) is 38.3 Å². The molecular formula is C25H27N3O3. The number of nitrogens with one attached hydrogen (secondary N) is 1. The highest BCUT2D eigenvalue weighted by molar-refractivity contribution is 5.99. The summed E-state index contributed by atoms with van der Waals surface area (Å²) >= 11 is 0. The molecule has 6 heteroatoms. The number of rotatable bonds is 6. The standard InChI is InChI=1S/C25H27N3O3/c1-17(24(29)27-23-10-6-8-19-7-4-5-9-22(19)23)31-25(30)20(16-26)15-18-11-13-21(14-12-18)28(2)3/h4-5,7,9,11-15,17,23H,6,8,10H2,1-3H3,(H,27,29)/b20-15+/t17-,23-/m0/s1. The summed E-state index contributed by atoms with van der Waals surface area (Å²) < 4.78 is 5.28. The van der Waals surface area contributed by atoms with Crippen molar-refractivity contribution in [3.05, 3.63) is 70.8 Å². The van der Waals surface area contributed by atoms with Crippen LogP contribution in [0.25, 0.3) is 6.08 Å². The lowest BCUT2D eigenvalue weighted by molar-refractivity contribution is -0.151. The first-order valence-electron chi connectivity index (χ1n) is 10.4. The number of esters is 1. The molecule has 0 aromatic heterocycles. The van der Waals surface area contributed by atoms with Crippen LogP contribution >= 0.6 is 0 Å². The topological polar surface area (TPSA) is 82.4 Å². The molecule has 0 heterocycles. The summed E-state index contributed by atoms with van der Waals surface area (Å²) in [4.78, 5) is 27.0. The number of anilines is 1. The zero-order valence-corrected chi connectivity index (χ0v) is 18.1. The fourth-order valence-corrected chi connectivity index (χ4v) is 3.64. The van der Waals surface area contributed by atoms with Crippen molar-refractivity contribution in [3.8, 4) is 6.07 Å². The van der Waals surface area contributed by atoms with E-state index in [9.17, 15) is 14.9 Å². The van der Waals surface area contributed by atoms with E-state index >= 15 is 0 Å². The van der Waals surface area contributed by atoms with Gasteiger partial charge in [-0.05, 0) is 61.1 Å². The largest absolute Gasteiger partial charge is 0.448 e. The number of carbonyl (C=O) groups excluding carboxylic acids is 2. The first kappa shape index (κ1) is 22.1. The third-order valence-electron chi connectivity index (χ3n) is 5.40. The maximum atomic E-state index is 12.6. The lowest BCUT2D eigenvalue weighted by Crippen LogP contribution is -2.39. The van der Waals surface area contributed by atoms with Gasteiger partial charge in [0.05, 0.1) is 6.04 Å². The Hall–Kier alpha value is -3.59. The quantitative estimate of drug-likeness (QED) is 0.439. The summed E-state index contributed by atoms with van der Waals surface area (Å²) in [6, 6.07) is 17.2. The summed E-state index contributed by atoms with van der Waals surface area (Å²) in [7, 11) is 3.86. The second-order valence-corrected chi connectivity index (χ2v) is 7.86. The second kappa shape index (κ2) is 9.94. The first-order chi connectivity index (χ1) is 14.9. The second-order valence-electron chi connectivity index (χ2n) is 7.86. The molecule has 0 saturated heterocycles. The predicted molar refractivity (Wildman–Crippen MR) is 120 cm³/mol. The zero-order valence-electron chi connectivity index (χ0n) is 18.1. The average Bonchev–Trinajstić information content (AvgIpc) is 2.77. The molecule has 0 fully saturated rings. The average molecular weight is 418 g/mol. The van der Waals surface area contributed by atoms with Crippen molar-refractivity contribution in [3.63, 3.8) is 0 Å². The van der Waals surface area contributed by atoms with Crippen molar-refractivity contribution in [1.29, 1.82) is 5.26 Å². The van der Waals surface area contributed by atoms with Gasteiger partial charge in [-0.2, -0.15) is 5.26 Å². The van der Waals surface area contributed by atoms with E-state index < -0.39 is 12.1 Å². The number of carbonyl (C=O) groups is 2. The van der Waals surface area contributed by atoms with Gasteiger partial charge in [-0.3, -0.25) is 4.79 Å². The van der Waals surface area contributed by atoms with Crippen LogP contribution in [-0.2, 0) is 20.7 Å². The molecule has 1 amide bonds. The minimum absolute atomic E-state index is 0.0974. The highest BCUT2D eigenvalue weighted by Gasteiger charge is 2.26. The van der Waals surface area contributed by atoms with Gasteiger partial charge in [0.2, 0.25) is 0 Å². The summed E-state index contributed by atoms with van der Waals surface area (Å²) in [5, 5.41) is 12.4. The molecule has 0 radical (unpaired) electrons. The van der Waals surface area contributed by atoms with Crippen LogP contribution in [0.3, 0.4) is 0 Å². The van der Waals surface area contributed by atoms with Gasteiger partial charge in [0.15, 0.2) is 6.10 Å². The maximum absolute atomic E-state index is 12.6. The zero-order chi connectivity index (χ0) is 22.4. The van der Waals surface area contributed by atoms with Crippen molar-refractivity contribution in [2.24, 2.45) is 0 Å². The van der Waals surface area contributed by atoms with Gasteiger partial charge < -0.3 is 15.0 Å². The van der Waals surface area contributed by atoms with E-state index in [-0.39, 0.29) is 17.5 Å². The van der Waals surface area contributed by atoms with E-state index in [4.69, 9.17) is 4.74 Å². The van der Waals surface area contributed by atoms with Crippen LogP contribution in [0.1, 0.15) is 42.5 Å². The summed E-state index contributed by atoms with van der Waals surface area (Å²) in [6.07, 6.45) is 3.29. The fourth-order valence-electron chi connectivity index (χ4n) is 3.64. The molecule has 160 valence electrons. The lowest BCUT2D eigenvalue weighted by atomic mass is 9.87. The van der Waals surface area contributed by atoms with E-state index in [1.165, 1.54) is 18.6 Å². The van der Waals surface area contributed by atoms with Gasteiger partial charge >= 0.3 is 5.97 Å². The Kier molecular flexibility index (Phi) is 7.09. The van der Waals surface area contributed by atoms with Gasteiger partial charge in [0.1, 0.15) is 11.6 Å². The molecule has 1 aliphatic rings.